The van der Waals surface area contributed by atoms with Gasteiger partial charge >= 0.3 is 5.97 Å². The molecule has 0 aromatic carbocycles. The molecule has 8 heteroatoms. The molecule has 0 saturated heterocycles. The number of aliphatic hydroxyl groups excluding tert-OH is 5. The average molecular weight is 378 g/mol. The van der Waals surface area contributed by atoms with Gasteiger partial charge in [-0.3, -0.25) is 4.79 Å². The van der Waals surface area contributed by atoms with Crippen LogP contribution >= 0.6 is 0 Å². The monoisotopic (exact) mass is 378 g/mol. The van der Waals surface area contributed by atoms with Crippen molar-refractivity contribution >= 4 is 5.97 Å². The van der Waals surface area contributed by atoms with E-state index in [-0.39, 0.29) is 6.42 Å². The zero-order valence-electron chi connectivity index (χ0n) is 15.5. The molecule has 0 unspecified atom stereocenters. The molecule has 0 spiro atoms. The number of hydrogen-bond acceptors (Lipinski definition) is 8. The fourth-order valence-corrected chi connectivity index (χ4v) is 3.17. The largest absolute Gasteiger partial charge is 0.427 e. The van der Waals surface area contributed by atoms with E-state index in [1.54, 1.807) is 0 Å². The van der Waals surface area contributed by atoms with Gasteiger partial charge in [-0.05, 0) is 6.42 Å². The molecule has 0 radical (unpaired) electrons. The van der Waals surface area contributed by atoms with Crippen molar-refractivity contribution in [3.63, 3.8) is 0 Å². The van der Waals surface area contributed by atoms with Crippen LogP contribution in [0.15, 0.2) is 0 Å². The van der Waals surface area contributed by atoms with E-state index in [4.69, 9.17) is 4.74 Å². The standard InChI is InChI=1S/C18H34O8/c1-2-3-4-5-6-7-8-9-10-11-12(19)26-18(25)16(23)14(21)13(20)15(22)17(18)24/h13-17,20-25H,2-11H2,1H3/t13-,14-,15+,16-,17-,18-/m1/s1. The summed E-state index contributed by atoms with van der Waals surface area (Å²) in [6.45, 7) is 2.17. The van der Waals surface area contributed by atoms with E-state index in [0.717, 1.165) is 19.3 Å². The first-order chi connectivity index (χ1) is 12.3. The highest BCUT2D eigenvalue weighted by Crippen LogP contribution is 2.32. The van der Waals surface area contributed by atoms with E-state index >= 15 is 0 Å². The summed E-state index contributed by atoms with van der Waals surface area (Å²) < 4.78 is 4.75. The highest BCUT2D eigenvalue weighted by Gasteiger charge is 2.60. The van der Waals surface area contributed by atoms with E-state index in [0.29, 0.717) is 6.42 Å². The van der Waals surface area contributed by atoms with E-state index in [9.17, 15) is 35.4 Å². The third-order valence-electron chi connectivity index (χ3n) is 4.96. The molecular formula is C18H34O8. The van der Waals surface area contributed by atoms with Gasteiger partial charge in [0.05, 0.1) is 0 Å². The number of esters is 1. The summed E-state index contributed by atoms with van der Waals surface area (Å²) >= 11 is 0. The van der Waals surface area contributed by atoms with E-state index < -0.39 is 42.3 Å². The molecule has 0 aliphatic heterocycles. The van der Waals surface area contributed by atoms with Crippen molar-refractivity contribution in [1.29, 1.82) is 0 Å². The fraction of sp³-hybridized carbons (Fsp3) is 0.944. The van der Waals surface area contributed by atoms with Crippen molar-refractivity contribution in [1.82, 2.24) is 0 Å². The molecule has 1 rings (SSSR count). The summed E-state index contributed by atoms with van der Waals surface area (Å²) in [6.07, 6.45) is -0.548. The van der Waals surface area contributed by atoms with Crippen LogP contribution in [-0.2, 0) is 9.53 Å². The van der Waals surface area contributed by atoms with Crippen LogP contribution < -0.4 is 0 Å². The lowest BCUT2D eigenvalue weighted by Crippen LogP contribution is -2.72. The van der Waals surface area contributed by atoms with Gasteiger partial charge in [0.25, 0.3) is 5.79 Å². The predicted octanol–water partition coefficient (Wildman–Crippen LogP) is -0.0428. The first-order valence-electron chi connectivity index (χ1n) is 9.60. The summed E-state index contributed by atoms with van der Waals surface area (Å²) in [5.74, 6) is -3.72. The Morgan fingerprint density at radius 2 is 1.19 bits per heavy atom. The Morgan fingerprint density at radius 1 is 0.769 bits per heavy atom. The van der Waals surface area contributed by atoms with Crippen molar-refractivity contribution in [2.45, 2.75) is 107 Å². The van der Waals surface area contributed by atoms with Gasteiger partial charge in [-0.1, -0.05) is 58.3 Å². The molecule has 1 aliphatic rings. The molecule has 0 heterocycles. The maximum Gasteiger partial charge on any atom is 0.308 e. The molecule has 0 amide bonds. The highest BCUT2D eigenvalue weighted by molar-refractivity contribution is 5.69. The lowest BCUT2D eigenvalue weighted by Gasteiger charge is -2.46. The van der Waals surface area contributed by atoms with Crippen LogP contribution in [0.2, 0.25) is 0 Å². The van der Waals surface area contributed by atoms with Gasteiger partial charge in [0.1, 0.15) is 18.3 Å². The molecule has 0 bridgehead atoms. The second kappa shape index (κ2) is 11.2. The Bertz CT molecular complexity index is 400. The van der Waals surface area contributed by atoms with Crippen molar-refractivity contribution in [3.8, 4) is 0 Å². The molecule has 1 saturated carbocycles. The number of carbonyl (C=O) groups excluding carboxylic acids is 1. The second-order valence-electron chi connectivity index (χ2n) is 7.17. The summed E-state index contributed by atoms with van der Waals surface area (Å²) in [5, 5.41) is 58.6. The number of rotatable bonds is 11. The van der Waals surface area contributed by atoms with Crippen LogP contribution in [0.4, 0.5) is 0 Å². The average Bonchev–Trinajstić information content (AvgIpc) is 2.62. The molecule has 0 aromatic heterocycles. The van der Waals surface area contributed by atoms with Crippen LogP contribution in [0, 0.1) is 0 Å². The van der Waals surface area contributed by atoms with Gasteiger partial charge in [0, 0.05) is 6.42 Å². The van der Waals surface area contributed by atoms with E-state index in [1.165, 1.54) is 32.1 Å². The molecule has 0 aromatic rings. The van der Waals surface area contributed by atoms with Gasteiger partial charge in [-0.15, -0.1) is 0 Å². The molecule has 26 heavy (non-hydrogen) atoms. The molecule has 154 valence electrons. The van der Waals surface area contributed by atoms with Gasteiger partial charge < -0.3 is 35.4 Å². The minimum Gasteiger partial charge on any atom is -0.427 e. The first-order valence-corrected chi connectivity index (χ1v) is 9.60. The highest BCUT2D eigenvalue weighted by atomic mass is 16.7. The Labute approximate surface area is 154 Å². The zero-order chi connectivity index (χ0) is 19.7. The minimum atomic E-state index is -2.87. The van der Waals surface area contributed by atoms with Crippen LogP contribution in [-0.4, -0.2) is 72.9 Å². The second-order valence-corrected chi connectivity index (χ2v) is 7.17. The van der Waals surface area contributed by atoms with Crippen molar-refractivity contribution < 1.29 is 40.2 Å². The van der Waals surface area contributed by atoms with Crippen LogP contribution in [0.5, 0.6) is 0 Å². The molecule has 1 fully saturated rings. The lowest BCUT2D eigenvalue weighted by molar-refractivity contribution is -0.347. The van der Waals surface area contributed by atoms with Crippen molar-refractivity contribution in [2.24, 2.45) is 0 Å². The summed E-state index contributed by atoms with van der Waals surface area (Å²) in [7, 11) is 0. The SMILES string of the molecule is CCCCCCCCCCCC(=O)O[C@]1(O)[C@H](O)[C@H](O)[C@@H](O)[C@H](O)[C@H]1O. The minimum absolute atomic E-state index is 0.0215. The zero-order valence-corrected chi connectivity index (χ0v) is 15.5. The Balaban J connectivity index is 2.31. The number of aliphatic hydroxyl groups is 6. The topological polar surface area (TPSA) is 148 Å². The van der Waals surface area contributed by atoms with Gasteiger partial charge in [0.2, 0.25) is 0 Å². The van der Waals surface area contributed by atoms with E-state index in [2.05, 4.69) is 6.92 Å². The molecule has 8 nitrogen and oxygen atoms in total. The number of hydrogen-bond donors (Lipinski definition) is 6. The third kappa shape index (κ3) is 6.14. The predicted molar refractivity (Wildman–Crippen MR) is 92.9 cm³/mol. The van der Waals surface area contributed by atoms with Crippen molar-refractivity contribution in [3.05, 3.63) is 0 Å². The van der Waals surface area contributed by atoms with Crippen LogP contribution in [0.25, 0.3) is 0 Å². The summed E-state index contributed by atoms with van der Waals surface area (Å²) in [6, 6.07) is 0. The smallest absolute Gasteiger partial charge is 0.308 e. The molecule has 1 aliphatic carbocycles. The van der Waals surface area contributed by atoms with E-state index in [1.807, 2.05) is 0 Å². The Kier molecular flexibility index (Phi) is 9.99. The Hall–Kier alpha value is -0.770. The third-order valence-corrected chi connectivity index (χ3v) is 4.96. The van der Waals surface area contributed by atoms with Crippen LogP contribution in [0.3, 0.4) is 0 Å². The lowest BCUT2D eigenvalue weighted by atomic mass is 9.82. The summed E-state index contributed by atoms with van der Waals surface area (Å²) in [4.78, 5) is 11.9. The number of ether oxygens (including phenoxy) is 1. The Morgan fingerprint density at radius 3 is 1.65 bits per heavy atom. The van der Waals surface area contributed by atoms with Crippen LogP contribution in [0.1, 0.15) is 71.1 Å². The molecular weight excluding hydrogens is 344 g/mol. The van der Waals surface area contributed by atoms with Crippen molar-refractivity contribution in [2.75, 3.05) is 0 Å². The van der Waals surface area contributed by atoms with Gasteiger partial charge in [-0.2, -0.15) is 0 Å². The van der Waals surface area contributed by atoms with Gasteiger partial charge in [-0.25, -0.2) is 0 Å². The summed E-state index contributed by atoms with van der Waals surface area (Å²) in [5.41, 5.74) is 0. The molecule has 6 N–H and O–H groups in total. The van der Waals surface area contributed by atoms with Gasteiger partial charge in [0.15, 0.2) is 12.2 Å². The number of carbonyl (C=O) groups is 1. The fourth-order valence-electron chi connectivity index (χ4n) is 3.17. The number of unbranched alkanes of at least 4 members (excludes halogenated alkanes) is 8. The maximum absolute atomic E-state index is 11.9. The normalized spacial score (nSPS) is 34.7. The molecule has 6 atom stereocenters. The quantitative estimate of drug-likeness (QED) is 0.167. The first kappa shape index (κ1) is 23.3. The maximum atomic E-state index is 11.9.